The molecule has 1 heterocycles. The van der Waals surface area contributed by atoms with Crippen molar-refractivity contribution >= 4 is 17.3 Å². The Kier molecular flexibility index (Phi) is 5.01. The third-order valence-corrected chi connectivity index (χ3v) is 4.11. The predicted octanol–water partition coefficient (Wildman–Crippen LogP) is 2.58. The summed E-state index contributed by atoms with van der Waals surface area (Å²) < 4.78 is 0. The van der Waals surface area contributed by atoms with Crippen LogP contribution in [0.5, 0.6) is 0 Å². The Morgan fingerprint density at radius 3 is 2.70 bits per heavy atom. The van der Waals surface area contributed by atoms with Gasteiger partial charge in [-0.3, -0.25) is 4.79 Å². The highest BCUT2D eigenvalue weighted by Gasteiger charge is 2.25. The Hall–Kier alpha value is -1.55. The topological polar surface area (TPSA) is 58.4 Å². The molecule has 0 bridgehead atoms. The maximum Gasteiger partial charge on any atom is 0.224 e. The van der Waals surface area contributed by atoms with Gasteiger partial charge in [0.05, 0.1) is 0 Å². The molecule has 20 heavy (non-hydrogen) atoms. The Morgan fingerprint density at radius 2 is 2.05 bits per heavy atom. The van der Waals surface area contributed by atoms with Gasteiger partial charge < -0.3 is 16.0 Å². The highest BCUT2D eigenvalue weighted by atomic mass is 16.1. The van der Waals surface area contributed by atoms with E-state index in [1.54, 1.807) is 6.07 Å². The van der Waals surface area contributed by atoms with E-state index in [0.29, 0.717) is 12.1 Å². The van der Waals surface area contributed by atoms with Crippen LogP contribution in [0.4, 0.5) is 11.4 Å². The zero-order valence-electron chi connectivity index (χ0n) is 12.4. The zero-order chi connectivity index (χ0) is 14.5. The minimum Gasteiger partial charge on any atom is -0.399 e. The first-order chi connectivity index (χ1) is 9.54. The quantitative estimate of drug-likeness (QED) is 0.812. The molecule has 110 valence electrons. The number of nitrogen functional groups attached to an aromatic ring is 1. The van der Waals surface area contributed by atoms with E-state index in [4.69, 9.17) is 5.73 Å². The number of hydrogen-bond acceptors (Lipinski definition) is 3. The molecule has 0 aromatic heterocycles. The van der Waals surface area contributed by atoms with E-state index in [-0.39, 0.29) is 5.91 Å². The van der Waals surface area contributed by atoms with Crippen LogP contribution < -0.4 is 11.1 Å². The molecule has 2 rings (SSSR count). The Morgan fingerprint density at radius 1 is 1.35 bits per heavy atom. The predicted molar refractivity (Wildman–Crippen MR) is 83.5 cm³/mol. The molecule has 4 heteroatoms. The first kappa shape index (κ1) is 14.9. The maximum atomic E-state index is 11.9. The molecule has 3 N–H and O–H groups in total. The van der Waals surface area contributed by atoms with E-state index < -0.39 is 0 Å². The van der Waals surface area contributed by atoms with Gasteiger partial charge in [-0.15, -0.1) is 0 Å². The van der Waals surface area contributed by atoms with Crippen LogP contribution in [0.1, 0.15) is 26.7 Å². The molecule has 1 aromatic carbocycles. The molecule has 1 saturated heterocycles. The molecular formula is C16H25N3O. The average molecular weight is 275 g/mol. The smallest absolute Gasteiger partial charge is 0.224 e. The van der Waals surface area contributed by atoms with Crippen LogP contribution in [0.3, 0.4) is 0 Å². The summed E-state index contributed by atoms with van der Waals surface area (Å²) in [6.45, 7) is 7.95. The number of amides is 1. The number of carbonyl (C=O) groups is 1. The minimum absolute atomic E-state index is 0.0656. The van der Waals surface area contributed by atoms with Crippen molar-refractivity contribution < 1.29 is 4.79 Å². The van der Waals surface area contributed by atoms with Crippen LogP contribution in [0, 0.1) is 11.8 Å². The van der Waals surface area contributed by atoms with E-state index in [1.165, 1.54) is 0 Å². The largest absolute Gasteiger partial charge is 0.399 e. The summed E-state index contributed by atoms with van der Waals surface area (Å²) in [5.74, 6) is 1.61. The SMILES string of the molecule is CC1CN(CCCC(=O)Nc2cccc(N)c2)CC1C. The van der Waals surface area contributed by atoms with Gasteiger partial charge in [0.2, 0.25) is 5.91 Å². The van der Waals surface area contributed by atoms with Gasteiger partial charge in [0.1, 0.15) is 0 Å². The monoisotopic (exact) mass is 275 g/mol. The minimum atomic E-state index is 0.0656. The summed E-state index contributed by atoms with van der Waals surface area (Å²) in [4.78, 5) is 14.3. The molecule has 1 aromatic rings. The molecule has 0 radical (unpaired) electrons. The van der Waals surface area contributed by atoms with Gasteiger partial charge in [0.15, 0.2) is 0 Å². The van der Waals surface area contributed by atoms with Crippen LogP contribution >= 0.6 is 0 Å². The fourth-order valence-corrected chi connectivity index (χ4v) is 2.73. The molecular weight excluding hydrogens is 250 g/mol. The Labute approximate surface area is 121 Å². The van der Waals surface area contributed by atoms with E-state index in [0.717, 1.165) is 43.6 Å². The molecule has 1 fully saturated rings. The highest BCUT2D eigenvalue weighted by molar-refractivity contribution is 5.91. The van der Waals surface area contributed by atoms with Gasteiger partial charge in [-0.05, 0) is 43.0 Å². The van der Waals surface area contributed by atoms with Gasteiger partial charge in [0.25, 0.3) is 0 Å². The third kappa shape index (κ3) is 4.23. The van der Waals surface area contributed by atoms with Crippen LogP contribution in [-0.2, 0) is 4.79 Å². The molecule has 1 aliphatic heterocycles. The van der Waals surface area contributed by atoms with Crippen LogP contribution in [0.2, 0.25) is 0 Å². The highest BCUT2D eigenvalue weighted by Crippen LogP contribution is 2.22. The molecule has 0 aliphatic carbocycles. The van der Waals surface area contributed by atoms with E-state index in [1.807, 2.05) is 18.2 Å². The number of likely N-dealkylation sites (tertiary alicyclic amines) is 1. The number of anilines is 2. The van der Waals surface area contributed by atoms with Gasteiger partial charge in [-0.25, -0.2) is 0 Å². The Bertz CT molecular complexity index is 451. The van der Waals surface area contributed by atoms with E-state index in [9.17, 15) is 4.79 Å². The summed E-state index contributed by atoms with van der Waals surface area (Å²) in [6, 6.07) is 7.29. The molecule has 1 amide bonds. The van der Waals surface area contributed by atoms with Crippen LogP contribution in [0.15, 0.2) is 24.3 Å². The lowest BCUT2D eigenvalue weighted by molar-refractivity contribution is -0.116. The van der Waals surface area contributed by atoms with Gasteiger partial charge >= 0.3 is 0 Å². The second-order valence-electron chi connectivity index (χ2n) is 5.99. The summed E-state index contributed by atoms with van der Waals surface area (Å²) in [5, 5.41) is 2.89. The lowest BCUT2D eigenvalue weighted by Crippen LogP contribution is -2.23. The van der Waals surface area contributed by atoms with Crippen LogP contribution in [-0.4, -0.2) is 30.4 Å². The summed E-state index contributed by atoms with van der Waals surface area (Å²) in [6.07, 6.45) is 1.47. The van der Waals surface area contributed by atoms with Gasteiger partial charge in [-0.1, -0.05) is 19.9 Å². The van der Waals surface area contributed by atoms with Crippen molar-refractivity contribution in [1.82, 2.24) is 4.90 Å². The number of nitrogens with zero attached hydrogens (tertiary/aromatic N) is 1. The Balaban J connectivity index is 1.68. The number of benzene rings is 1. The van der Waals surface area contributed by atoms with E-state index in [2.05, 4.69) is 24.1 Å². The van der Waals surface area contributed by atoms with Crippen molar-refractivity contribution in [2.45, 2.75) is 26.7 Å². The second-order valence-corrected chi connectivity index (χ2v) is 5.99. The molecule has 2 atom stereocenters. The fourth-order valence-electron chi connectivity index (χ4n) is 2.73. The fraction of sp³-hybridized carbons (Fsp3) is 0.562. The van der Waals surface area contributed by atoms with Crippen molar-refractivity contribution in [2.24, 2.45) is 11.8 Å². The number of nitrogens with one attached hydrogen (secondary N) is 1. The molecule has 0 saturated carbocycles. The summed E-state index contributed by atoms with van der Waals surface area (Å²) in [5.41, 5.74) is 7.13. The normalized spacial score (nSPS) is 22.9. The van der Waals surface area contributed by atoms with Gasteiger partial charge in [-0.2, -0.15) is 0 Å². The average Bonchev–Trinajstić information content (AvgIpc) is 2.68. The zero-order valence-corrected chi connectivity index (χ0v) is 12.4. The summed E-state index contributed by atoms with van der Waals surface area (Å²) in [7, 11) is 0. The standard InChI is InChI=1S/C16H25N3O/c1-12-10-19(11-13(12)2)8-4-7-16(20)18-15-6-3-5-14(17)9-15/h3,5-6,9,12-13H,4,7-8,10-11,17H2,1-2H3,(H,18,20). The van der Waals surface area contributed by atoms with Crippen molar-refractivity contribution in [3.63, 3.8) is 0 Å². The number of nitrogens with two attached hydrogens (primary N) is 1. The lowest BCUT2D eigenvalue weighted by atomic mass is 10.0. The summed E-state index contributed by atoms with van der Waals surface area (Å²) >= 11 is 0. The maximum absolute atomic E-state index is 11.9. The number of rotatable bonds is 5. The third-order valence-electron chi connectivity index (χ3n) is 4.11. The van der Waals surface area contributed by atoms with Crippen molar-refractivity contribution in [2.75, 3.05) is 30.7 Å². The van der Waals surface area contributed by atoms with Gasteiger partial charge in [0, 0.05) is 30.9 Å². The first-order valence-corrected chi connectivity index (χ1v) is 7.42. The molecule has 4 nitrogen and oxygen atoms in total. The number of hydrogen-bond donors (Lipinski definition) is 2. The first-order valence-electron chi connectivity index (χ1n) is 7.42. The lowest BCUT2D eigenvalue weighted by Gasteiger charge is -2.14. The van der Waals surface area contributed by atoms with Crippen molar-refractivity contribution in [3.05, 3.63) is 24.3 Å². The van der Waals surface area contributed by atoms with Crippen molar-refractivity contribution in [1.29, 1.82) is 0 Å². The second kappa shape index (κ2) is 6.75. The van der Waals surface area contributed by atoms with Crippen LogP contribution in [0.25, 0.3) is 0 Å². The number of carbonyl (C=O) groups excluding carboxylic acids is 1. The molecule has 2 unspecified atom stereocenters. The van der Waals surface area contributed by atoms with E-state index >= 15 is 0 Å². The van der Waals surface area contributed by atoms with Crippen molar-refractivity contribution in [3.8, 4) is 0 Å². The molecule has 0 spiro atoms. The molecule has 1 aliphatic rings.